The van der Waals surface area contributed by atoms with Crippen LogP contribution in [0, 0.1) is 6.92 Å². The molecule has 2 fully saturated rings. The van der Waals surface area contributed by atoms with Crippen molar-refractivity contribution in [1.82, 2.24) is 0 Å². The zero-order chi connectivity index (χ0) is 13.3. The SMILES string of the molecule is Cc1ccc(C2(CN)CCC3(CC2)OCCO3)cc1. The van der Waals surface area contributed by atoms with Crippen molar-refractivity contribution in [3.63, 3.8) is 0 Å². The Morgan fingerprint density at radius 1 is 1.00 bits per heavy atom. The predicted octanol–water partition coefficient (Wildman–Crippen LogP) is 2.51. The summed E-state index contributed by atoms with van der Waals surface area (Å²) in [4.78, 5) is 0. The van der Waals surface area contributed by atoms with Gasteiger partial charge < -0.3 is 15.2 Å². The van der Waals surface area contributed by atoms with Crippen molar-refractivity contribution in [2.24, 2.45) is 5.73 Å². The highest BCUT2D eigenvalue weighted by Crippen LogP contribution is 2.45. The van der Waals surface area contributed by atoms with E-state index in [1.54, 1.807) is 0 Å². The van der Waals surface area contributed by atoms with Crippen molar-refractivity contribution < 1.29 is 9.47 Å². The molecule has 104 valence electrons. The quantitative estimate of drug-likeness (QED) is 0.889. The van der Waals surface area contributed by atoms with E-state index in [9.17, 15) is 0 Å². The summed E-state index contributed by atoms with van der Waals surface area (Å²) in [6.45, 7) is 4.29. The van der Waals surface area contributed by atoms with Crippen molar-refractivity contribution in [3.8, 4) is 0 Å². The monoisotopic (exact) mass is 261 g/mol. The number of rotatable bonds is 2. The molecular formula is C16H23NO2. The molecule has 1 aliphatic heterocycles. The first kappa shape index (κ1) is 13.1. The fraction of sp³-hybridized carbons (Fsp3) is 0.625. The maximum Gasteiger partial charge on any atom is 0.168 e. The average molecular weight is 261 g/mol. The molecule has 2 N–H and O–H groups in total. The van der Waals surface area contributed by atoms with E-state index in [0.29, 0.717) is 6.54 Å². The van der Waals surface area contributed by atoms with Gasteiger partial charge in [0.25, 0.3) is 0 Å². The second-order valence-corrected chi connectivity index (χ2v) is 5.96. The Kier molecular flexibility index (Phi) is 3.37. The number of aryl methyl sites for hydroxylation is 1. The van der Waals surface area contributed by atoms with Gasteiger partial charge in [-0.2, -0.15) is 0 Å². The van der Waals surface area contributed by atoms with Crippen LogP contribution in [0.4, 0.5) is 0 Å². The maximum absolute atomic E-state index is 6.11. The fourth-order valence-corrected chi connectivity index (χ4v) is 3.41. The van der Waals surface area contributed by atoms with E-state index in [1.165, 1.54) is 11.1 Å². The number of ether oxygens (including phenoxy) is 2. The van der Waals surface area contributed by atoms with Gasteiger partial charge in [0.15, 0.2) is 5.79 Å². The Labute approximate surface area is 115 Å². The largest absolute Gasteiger partial charge is 0.348 e. The molecule has 1 saturated carbocycles. The summed E-state index contributed by atoms with van der Waals surface area (Å²) in [6, 6.07) is 8.83. The standard InChI is InChI=1S/C16H23NO2/c1-13-2-4-14(5-3-13)15(12-17)6-8-16(9-7-15)18-10-11-19-16/h2-5H,6-12,17H2,1H3. The molecule has 1 heterocycles. The lowest BCUT2D eigenvalue weighted by Gasteiger charge is -2.43. The van der Waals surface area contributed by atoms with Gasteiger partial charge in [0.05, 0.1) is 13.2 Å². The average Bonchev–Trinajstić information content (AvgIpc) is 2.90. The van der Waals surface area contributed by atoms with Gasteiger partial charge in [-0.05, 0) is 25.3 Å². The van der Waals surface area contributed by atoms with Crippen LogP contribution >= 0.6 is 0 Å². The van der Waals surface area contributed by atoms with E-state index in [2.05, 4.69) is 31.2 Å². The number of benzene rings is 1. The van der Waals surface area contributed by atoms with Gasteiger partial charge in [-0.15, -0.1) is 0 Å². The first-order chi connectivity index (χ1) is 9.18. The summed E-state index contributed by atoms with van der Waals surface area (Å²) >= 11 is 0. The molecule has 3 rings (SSSR count). The smallest absolute Gasteiger partial charge is 0.168 e. The van der Waals surface area contributed by atoms with Crippen molar-refractivity contribution in [1.29, 1.82) is 0 Å². The molecule has 0 atom stereocenters. The van der Waals surface area contributed by atoms with Crippen LogP contribution in [0.5, 0.6) is 0 Å². The molecule has 19 heavy (non-hydrogen) atoms. The van der Waals surface area contributed by atoms with E-state index in [4.69, 9.17) is 15.2 Å². The van der Waals surface area contributed by atoms with Crippen molar-refractivity contribution in [3.05, 3.63) is 35.4 Å². The third kappa shape index (κ3) is 2.31. The highest BCUT2D eigenvalue weighted by Gasteiger charge is 2.46. The van der Waals surface area contributed by atoms with Crippen molar-refractivity contribution >= 4 is 0 Å². The lowest BCUT2D eigenvalue weighted by molar-refractivity contribution is -0.184. The minimum Gasteiger partial charge on any atom is -0.348 e. The van der Waals surface area contributed by atoms with Crippen LogP contribution in [0.2, 0.25) is 0 Å². The Bertz CT molecular complexity index is 425. The van der Waals surface area contributed by atoms with Crippen molar-refractivity contribution in [2.75, 3.05) is 19.8 Å². The van der Waals surface area contributed by atoms with Crippen LogP contribution in [0.3, 0.4) is 0 Å². The highest BCUT2D eigenvalue weighted by molar-refractivity contribution is 5.30. The zero-order valence-corrected chi connectivity index (χ0v) is 11.7. The van der Waals surface area contributed by atoms with E-state index < -0.39 is 0 Å². The Morgan fingerprint density at radius 3 is 2.11 bits per heavy atom. The van der Waals surface area contributed by atoms with Gasteiger partial charge in [0.1, 0.15) is 0 Å². The Morgan fingerprint density at radius 2 is 1.58 bits per heavy atom. The van der Waals surface area contributed by atoms with Crippen LogP contribution in [0.1, 0.15) is 36.8 Å². The molecule has 1 spiro atoms. The van der Waals surface area contributed by atoms with Crippen LogP contribution in [-0.2, 0) is 14.9 Å². The summed E-state index contributed by atoms with van der Waals surface area (Å²) in [5.41, 5.74) is 8.89. The molecule has 2 aliphatic rings. The topological polar surface area (TPSA) is 44.5 Å². The van der Waals surface area contributed by atoms with Crippen LogP contribution in [0.25, 0.3) is 0 Å². The third-order valence-electron chi connectivity index (χ3n) is 4.84. The minimum atomic E-state index is -0.302. The van der Waals surface area contributed by atoms with Gasteiger partial charge in [-0.25, -0.2) is 0 Å². The fourth-order valence-electron chi connectivity index (χ4n) is 3.41. The Hall–Kier alpha value is -0.900. The summed E-state index contributed by atoms with van der Waals surface area (Å²) in [5, 5.41) is 0. The van der Waals surface area contributed by atoms with Gasteiger partial charge >= 0.3 is 0 Å². The molecule has 0 amide bonds. The second kappa shape index (κ2) is 4.89. The summed E-state index contributed by atoms with van der Waals surface area (Å²) in [5.74, 6) is -0.302. The van der Waals surface area contributed by atoms with Gasteiger partial charge in [-0.1, -0.05) is 29.8 Å². The van der Waals surface area contributed by atoms with E-state index in [0.717, 1.165) is 38.9 Å². The molecule has 3 heteroatoms. The predicted molar refractivity (Wildman–Crippen MR) is 75.0 cm³/mol. The first-order valence-corrected chi connectivity index (χ1v) is 7.23. The second-order valence-electron chi connectivity index (χ2n) is 5.96. The molecule has 1 aromatic rings. The van der Waals surface area contributed by atoms with Gasteiger partial charge in [-0.3, -0.25) is 0 Å². The lowest BCUT2D eigenvalue weighted by atomic mass is 9.67. The van der Waals surface area contributed by atoms with Gasteiger partial charge in [0, 0.05) is 24.8 Å². The van der Waals surface area contributed by atoms with E-state index in [1.807, 2.05) is 0 Å². The molecule has 0 radical (unpaired) electrons. The molecule has 0 aromatic heterocycles. The Balaban J connectivity index is 1.80. The molecule has 1 aromatic carbocycles. The van der Waals surface area contributed by atoms with Crippen LogP contribution in [0.15, 0.2) is 24.3 Å². The maximum atomic E-state index is 6.11. The minimum absolute atomic E-state index is 0.105. The molecule has 1 saturated heterocycles. The molecular weight excluding hydrogens is 238 g/mol. The number of hydrogen-bond acceptors (Lipinski definition) is 3. The summed E-state index contributed by atoms with van der Waals surface area (Å²) in [6.07, 6.45) is 4.01. The summed E-state index contributed by atoms with van der Waals surface area (Å²) < 4.78 is 11.6. The number of nitrogens with two attached hydrogens (primary N) is 1. The molecule has 1 aliphatic carbocycles. The first-order valence-electron chi connectivity index (χ1n) is 7.23. The van der Waals surface area contributed by atoms with Gasteiger partial charge in [0.2, 0.25) is 0 Å². The summed E-state index contributed by atoms with van der Waals surface area (Å²) in [7, 11) is 0. The van der Waals surface area contributed by atoms with E-state index in [-0.39, 0.29) is 11.2 Å². The zero-order valence-electron chi connectivity index (χ0n) is 11.7. The number of hydrogen-bond donors (Lipinski definition) is 1. The lowest BCUT2D eigenvalue weighted by Crippen LogP contribution is -2.45. The molecule has 0 bridgehead atoms. The molecule has 0 unspecified atom stereocenters. The molecule has 3 nitrogen and oxygen atoms in total. The van der Waals surface area contributed by atoms with Crippen molar-refractivity contribution in [2.45, 2.75) is 43.8 Å². The van der Waals surface area contributed by atoms with E-state index >= 15 is 0 Å². The van der Waals surface area contributed by atoms with Crippen LogP contribution < -0.4 is 5.73 Å². The third-order valence-corrected chi connectivity index (χ3v) is 4.84. The normalized spacial score (nSPS) is 24.7. The van der Waals surface area contributed by atoms with Crippen LogP contribution in [-0.4, -0.2) is 25.5 Å². The highest BCUT2D eigenvalue weighted by atomic mass is 16.7.